The Hall–Kier alpha value is -3.22. The average molecular weight is 554 g/mol. The normalized spacial score (nSPS) is 21.8. The number of fused-ring (bicyclic) bond motifs is 2. The van der Waals surface area contributed by atoms with Crippen LogP contribution in [0.15, 0.2) is 30.5 Å². The van der Waals surface area contributed by atoms with Crippen LogP contribution in [-0.2, 0) is 27.7 Å². The quantitative estimate of drug-likeness (QED) is 0.401. The van der Waals surface area contributed by atoms with Crippen LogP contribution in [0, 0.1) is 0 Å². The number of nitrogens with zero attached hydrogens (tertiary/aromatic N) is 4. The zero-order valence-electron chi connectivity index (χ0n) is 22.1. The summed E-state index contributed by atoms with van der Waals surface area (Å²) < 4.78 is 38.2. The van der Waals surface area contributed by atoms with E-state index in [9.17, 15) is 8.42 Å². The predicted octanol–water partition coefficient (Wildman–Crippen LogP) is 2.68. The van der Waals surface area contributed by atoms with Gasteiger partial charge in [-0.05, 0) is 43.4 Å². The summed E-state index contributed by atoms with van der Waals surface area (Å²) in [6.45, 7) is 4.65. The van der Waals surface area contributed by atoms with Gasteiger partial charge in [-0.2, -0.15) is 4.98 Å². The minimum atomic E-state index is -3.44. The van der Waals surface area contributed by atoms with Gasteiger partial charge in [-0.3, -0.25) is 9.71 Å². The fourth-order valence-electron chi connectivity index (χ4n) is 5.50. The summed E-state index contributed by atoms with van der Waals surface area (Å²) in [5, 5.41) is 7.71. The highest BCUT2D eigenvalue weighted by molar-refractivity contribution is 7.92. The van der Waals surface area contributed by atoms with Crippen molar-refractivity contribution < 1.29 is 17.9 Å². The van der Waals surface area contributed by atoms with Gasteiger partial charge in [0.05, 0.1) is 42.3 Å². The molecule has 1 saturated heterocycles. The minimum Gasteiger partial charge on any atom is -0.474 e. The number of ether oxygens (including phenoxy) is 2. The molecule has 5 heterocycles. The highest BCUT2D eigenvalue weighted by Gasteiger charge is 2.25. The van der Waals surface area contributed by atoms with Crippen LogP contribution >= 0.6 is 0 Å². The first-order chi connectivity index (χ1) is 18.9. The Kier molecular flexibility index (Phi) is 7.41. The van der Waals surface area contributed by atoms with E-state index in [0.717, 1.165) is 76.2 Å². The number of hydrogen-bond donors (Lipinski definition) is 3. The molecule has 3 aromatic rings. The Morgan fingerprint density at radius 1 is 1.10 bits per heavy atom. The van der Waals surface area contributed by atoms with Gasteiger partial charge in [0.1, 0.15) is 17.7 Å². The Bertz CT molecular complexity index is 1440. The molecular formula is C27H35N7O4S. The Labute approximate surface area is 228 Å². The second kappa shape index (κ2) is 11.1. The van der Waals surface area contributed by atoms with E-state index in [1.165, 1.54) is 17.5 Å². The molecule has 12 heteroatoms. The monoisotopic (exact) mass is 553 g/mol. The van der Waals surface area contributed by atoms with Crippen LogP contribution < -0.4 is 25.0 Å². The maximum absolute atomic E-state index is 11.8. The first kappa shape index (κ1) is 26.0. The third-order valence-electron chi connectivity index (χ3n) is 7.50. The zero-order chi connectivity index (χ0) is 26.8. The fourth-order valence-corrected chi connectivity index (χ4v) is 6.04. The van der Waals surface area contributed by atoms with Gasteiger partial charge in [-0.15, -0.1) is 0 Å². The van der Waals surface area contributed by atoms with E-state index < -0.39 is 10.0 Å². The lowest BCUT2D eigenvalue weighted by Crippen LogP contribution is -2.37. The third kappa shape index (κ3) is 6.34. The van der Waals surface area contributed by atoms with Crippen molar-refractivity contribution in [1.82, 2.24) is 20.3 Å². The third-order valence-corrected chi connectivity index (χ3v) is 8.10. The minimum absolute atomic E-state index is 0.00720. The number of pyridine rings is 3. The molecular weight excluding hydrogens is 518 g/mol. The highest BCUT2D eigenvalue weighted by Crippen LogP contribution is 2.33. The van der Waals surface area contributed by atoms with Crippen molar-refractivity contribution in [3.05, 3.63) is 41.7 Å². The van der Waals surface area contributed by atoms with Gasteiger partial charge in [0, 0.05) is 50.4 Å². The molecule has 6 rings (SSSR count). The fraction of sp³-hybridized carbons (Fsp3) is 0.519. The Balaban J connectivity index is 1.18. The van der Waals surface area contributed by atoms with E-state index in [-0.39, 0.29) is 6.10 Å². The van der Waals surface area contributed by atoms with Gasteiger partial charge in [0.15, 0.2) is 0 Å². The van der Waals surface area contributed by atoms with Crippen molar-refractivity contribution in [3.63, 3.8) is 0 Å². The maximum Gasteiger partial charge on any atom is 0.229 e. The molecule has 0 aromatic carbocycles. The van der Waals surface area contributed by atoms with Crippen molar-refractivity contribution in [1.29, 1.82) is 0 Å². The van der Waals surface area contributed by atoms with E-state index in [1.54, 1.807) is 6.07 Å². The first-order valence-electron chi connectivity index (χ1n) is 13.6. The lowest BCUT2D eigenvalue weighted by molar-refractivity contribution is 0.122. The molecule has 0 atom stereocenters. The highest BCUT2D eigenvalue weighted by atomic mass is 32.2. The van der Waals surface area contributed by atoms with Gasteiger partial charge in [0.25, 0.3) is 0 Å². The molecule has 3 aliphatic rings. The molecule has 208 valence electrons. The number of rotatable bonds is 7. The lowest BCUT2D eigenvalue weighted by Gasteiger charge is -2.31. The largest absolute Gasteiger partial charge is 0.474 e. The van der Waals surface area contributed by atoms with E-state index in [0.29, 0.717) is 41.7 Å². The predicted molar refractivity (Wildman–Crippen MR) is 151 cm³/mol. The Morgan fingerprint density at radius 2 is 1.92 bits per heavy atom. The van der Waals surface area contributed by atoms with Crippen LogP contribution in [0.5, 0.6) is 5.88 Å². The molecule has 0 unspecified atom stereocenters. The SMILES string of the molecule is CS(=O)(=O)Nc1cnc2cc(N3CCOCC3)nc(OC3CCC(Nc4ccc5c(n4)CCNC5)CC3)c2c1. The second-order valence-electron chi connectivity index (χ2n) is 10.5. The van der Waals surface area contributed by atoms with Crippen LogP contribution in [-0.4, -0.2) is 74.6 Å². The molecule has 3 N–H and O–H groups in total. The lowest BCUT2D eigenvalue weighted by atomic mass is 9.93. The molecule has 1 aliphatic carbocycles. The first-order valence-corrected chi connectivity index (χ1v) is 15.5. The van der Waals surface area contributed by atoms with Crippen molar-refractivity contribution in [2.45, 2.75) is 50.8 Å². The molecule has 1 saturated carbocycles. The number of aromatic nitrogens is 3. The summed E-state index contributed by atoms with van der Waals surface area (Å²) >= 11 is 0. The van der Waals surface area contributed by atoms with Gasteiger partial charge in [-0.25, -0.2) is 13.4 Å². The number of morpholine rings is 1. The summed E-state index contributed by atoms with van der Waals surface area (Å²) in [5.74, 6) is 2.23. The molecule has 39 heavy (non-hydrogen) atoms. The van der Waals surface area contributed by atoms with Crippen LogP contribution in [0.3, 0.4) is 0 Å². The topological polar surface area (TPSA) is 131 Å². The maximum atomic E-state index is 11.8. The van der Waals surface area contributed by atoms with Crippen molar-refractivity contribution in [3.8, 4) is 5.88 Å². The molecule has 0 amide bonds. The smallest absolute Gasteiger partial charge is 0.229 e. The summed E-state index contributed by atoms with van der Waals surface area (Å²) in [5.41, 5.74) is 3.57. The van der Waals surface area contributed by atoms with Gasteiger partial charge >= 0.3 is 0 Å². The van der Waals surface area contributed by atoms with Gasteiger partial charge in [-0.1, -0.05) is 6.07 Å². The molecule has 11 nitrogen and oxygen atoms in total. The van der Waals surface area contributed by atoms with E-state index >= 15 is 0 Å². The summed E-state index contributed by atoms with van der Waals surface area (Å²) in [6, 6.07) is 8.27. The van der Waals surface area contributed by atoms with Crippen LogP contribution in [0.25, 0.3) is 10.9 Å². The molecule has 3 aromatic heterocycles. The van der Waals surface area contributed by atoms with Crippen LogP contribution in [0.1, 0.15) is 36.9 Å². The van der Waals surface area contributed by atoms with E-state index in [4.69, 9.17) is 19.4 Å². The van der Waals surface area contributed by atoms with Crippen molar-refractivity contribution >= 4 is 38.2 Å². The molecule has 0 spiro atoms. The summed E-state index contributed by atoms with van der Waals surface area (Å²) in [4.78, 5) is 16.4. The van der Waals surface area contributed by atoms with Gasteiger partial charge < -0.3 is 25.0 Å². The van der Waals surface area contributed by atoms with Crippen LogP contribution in [0.2, 0.25) is 0 Å². The standard InChI is InChI=1S/C27H35N7O4S/c1-39(35,36)33-20-14-22-24(29-17-20)15-26(34-10-12-37-13-11-34)32-27(22)38-21-5-3-19(4-6-21)30-25-7-2-18-16-28-9-8-23(18)31-25/h2,7,14-15,17,19,21,28,33H,3-6,8-13,16H2,1H3,(H,30,31). The molecule has 2 aliphatic heterocycles. The molecule has 0 radical (unpaired) electrons. The van der Waals surface area contributed by atoms with E-state index in [1.807, 2.05) is 6.07 Å². The van der Waals surface area contributed by atoms with Crippen molar-refractivity contribution in [2.75, 3.05) is 54.0 Å². The van der Waals surface area contributed by atoms with Crippen molar-refractivity contribution in [2.24, 2.45) is 0 Å². The number of hydrogen-bond acceptors (Lipinski definition) is 10. The molecule has 0 bridgehead atoms. The van der Waals surface area contributed by atoms with Gasteiger partial charge in [0.2, 0.25) is 15.9 Å². The Morgan fingerprint density at radius 3 is 2.72 bits per heavy atom. The van der Waals surface area contributed by atoms with E-state index in [2.05, 4.69) is 37.4 Å². The number of sulfonamides is 1. The summed E-state index contributed by atoms with van der Waals surface area (Å²) in [6.07, 6.45) is 7.31. The number of nitrogens with one attached hydrogen (secondary N) is 3. The molecule has 2 fully saturated rings. The number of anilines is 3. The van der Waals surface area contributed by atoms with Crippen LogP contribution in [0.4, 0.5) is 17.3 Å². The zero-order valence-corrected chi connectivity index (χ0v) is 23.0. The average Bonchev–Trinajstić information content (AvgIpc) is 2.94. The second-order valence-corrected chi connectivity index (χ2v) is 12.3. The summed E-state index contributed by atoms with van der Waals surface area (Å²) in [7, 11) is -3.44.